The van der Waals surface area contributed by atoms with Crippen LogP contribution in [0.25, 0.3) is 0 Å². The summed E-state index contributed by atoms with van der Waals surface area (Å²) in [6, 6.07) is 3.24. The molecule has 0 saturated carbocycles. The summed E-state index contributed by atoms with van der Waals surface area (Å²) < 4.78 is 17.9. The number of ether oxygens (including phenoxy) is 1. The number of carboxylic acid groups (broad SMARTS) is 1. The fourth-order valence-corrected chi connectivity index (χ4v) is 1.30. The molecule has 18 heavy (non-hydrogen) atoms. The highest BCUT2D eigenvalue weighted by atomic mass is 19.1. The van der Waals surface area contributed by atoms with Crippen LogP contribution in [0.1, 0.15) is 10.4 Å². The number of nitrogens with one attached hydrogen (secondary N) is 1. The second-order valence-corrected chi connectivity index (χ2v) is 3.45. The molecule has 1 aromatic rings. The molecule has 1 amide bonds. The Bertz CT molecular complexity index is 460. The van der Waals surface area contributed by atoms with Crippen molar-refractivity contribution in [3.05, 3.63) is 29.6 Å². The van der Waals surface area contributed by atoms with Crippen LogP contribution in [-0.4, -0.2) is 36.7 Å². The molecule has 0 bridgehead atoms. The van der Waals surface area contributed by atoms with Gasteiger partial charge in [0.2, 0.25) is 0 Å². The Labute approximate surface area is 103 Å². The topological polar surface area (TPSA) is 102 Å². The van der Waals surface area contributed by atoms with Crippen LogP contribution in [0.3, 0.4) is 0 Å². The Morgan fingerprint density at radius 2 is 2.22 bits per heavy atom. The molecular weight excluding hydrogens is 243 g/mol. The van der Waals surface area contributed by atoms with E-state index >= 15 is 0 Å². The van der Waals surface area contributed by atoms with E-state index in [1.165, 1.54) is 13.2 Å². The van der Waals surface area contributed by atoms with Gasteiger partial charge in [-0.05, 0) is 18.2 Å². The molecule has 6 nitrogen and oxygen atoms in total. The summed E-state index contributed by atoms with van der Waals surface area (Å²) in [5.74, 6) is -2.81. The van der Waals surface area contributed by atoms with Crippen LogP contribution in [0.15, 0.2) is 18.2 Å². The van der Waals surface area contributed by atoms with Gasteiger partial charge in [0.25, 0.3) is 5.91 Å². The van der Waals surface area contributed by atoms with Crippen molar-refractivity contribution in [3.63, 3.8) is 0 Å². The molecule has 1 atom stereocenters. The average Bonchev–Trinajstić information content (AvgIpc) is 2.32. The number of benzene rings is 1. The first-order valence-electron chi connectivity index (χ1n) is 5.06. The highest BCUT2D eigenvalue weighted by Gasteiger charge is 2.17. The zero-order chi connectivity index (χ0) is 13.7. The number of hydrogen-bond donors (Lipinski definition) is 3. The molecule has 1 aromatic carbocycles. The van der Waals surface area contributed by atoms with Gasteiger partial charge in [0.15, 0.2) is 0 Å². The molecule has 0 aliphatic carbocycles. The fourth-order valence-electron chi connectivity index (χ4n) is 1.30. The van der Waals surface area contributed by atoms with Crippen LogP contribution >= 0.6 is 0 Å². The molecule has 0 radical (unpaired) electrons. The Morgan fingerprint density at radius 3 is 2.72 bits per heavy atom. The van der Waals surface area contributed by atoms with Crippen molar-refractivity contribution in [1.82, 2.24) is 0 Å². The predicted molar refractivity (Wildman–Crippen MR) is 61.8 cm³/mol. The average molecular weight is 256 g/mol. The minimum Gasteiger partial charge on any atom is -0.478 e. The van der Waals surface area contributed by atoms with Crippen molar-refractivity contribution < 1.29 is 23.8 Å². The Kier molecular flexibility index (Phi) is 4.75. The number of amides is 1. The molecule has 0 fully saturated rings. The zero-order valence-corrected chi connectivity index (χ0v) is 9.64. The van der Waals surface area contributed by atoms with E-state index in [1.807, 2.05) is 0 Å². The number of rotatable bonds is 5. The van der Waals surface area contributed by atoms with Crippen molar-refractivity contribution in [2.45, 2.75) is 6.10 Å². The van der Waals surface area contributed by atoms with Crippen molar-refractivity contribution in [2.75, 3.05) is 19.0 Å². The van der Waals surface area contributed by atoms with Crippen LogP contribution in [0.4, 0.5) is 10.1 Å². The smallest absolute Gasteiger partial charge is 0.338 e. The van der Waals surface area contributed by atoms with Gasteiger partial charge in [0.1, 0.15) is 11.9 Å². The Morgan fingerprint density at radius 1 is 1.56 bits per heavy atom. The summed E-state index contributed by atoms with van der Waals surface area (Å²) in [5.41, 5.74) is 4.94. The van der Waals surface area contributed by atoms with Gasteiger partial charge in [0, 0.05) is 19.3 Å². The van der Waals surface area contributed by atoms with Crippen molar-refractivity contribution in [3.8, 4) is 0 Å². The summed E-state index contributed by atoms with van der Waals surface area (Å²) in [6.45, 7) is -0.0185. The largest absolute Gasteiger partial charge is 0.478 e. The van der Waals surface area contributed by atoms with E-state index in [4.69, 9.17) is 15.6 Å². The molecule has 0 heterocycles. The van der Waals surface area contributed by atoms with E-state index < -0.39 is 29.4 Å². The second kappa shape index (κ2) is 6.08. The van der Waals surface area contributed by atoms with E-state index in [-0.39, 0.29) is 12.2 Å². The number of methoxy groups -OCH3 is 1. The maximum atomic E-state index is 13.1. The van der Waals surface area contributed by atoms with Crippen LogP contribution < -0.4 is 11.1 Å². The second-order valence-electron chi connectivity index (χ2n) is 3.45. The highest BCUT2D eigenvalue weighted by molar-refractivity contribution is 5.96. The third-order valence-corrected chi connectivity index (χ3v) is 2.26. The number of nitrogens with two attached hydrogens (primary N) is 1. The van der Waals surface area contributed by atoms with E-state index in [2.05, 4.69) is 5.32 Å². The molecule has 0 aliphatic rings. The first-order chi connectivity index (χ1) is 8.49. The number of carboxylic acids is 1. The standard InChI is InChI=1S/C11H13FN2O4/c1-18-9(5-13)10(15)14-6-2-3-8(12)7(4-6)11(16)17/h2-4,9H,5,13H2,1H3,(H,14,15)(H,16,17). The molecular formula is C11H13FN2O4. The molecule has 4 N–H and O–H groups in total. The molecule has 0 saturated heterocycles. The van der Waals surface area contributed by atoms with E-state index in [9.17, 15) is 14.0 Å². The van der Waals surface area contributed by atoms with Gasteiger partial charge in [0.05, 0.1) is 5.56 Å². The third-order valence-electron chi connectivity index (χ3n) is 2.26. The molecule has 0 aromatic heterocycles. The molecule has 7 heteroatoms. The maximum absolute atomic E-state index is 13.1. The fraction of sp³-hybridized carbons (Fsp3) is 0.273. The number of carbonyl (C=O) groups is 2. The quantitative estimate of drug-likeness (QED) is 0.709. The van der Waals surface area contributed by atoms with Gasteiger partial charge in [-0.1, -0.05) is 0 Å². The van der Waals surface area contributed by atoms with Gasteiger partial charge in [-0.15, -0.1) is 0 Å². The van der Waals surface area contributed by atoms with Gasteiger partial charge < -0.3 is 20.9 Å². The Balaban J connectivity index is 2.89. The normalized spacial score (nSPS) is 11.9. The number of aromatic carboxylic acids is 1. The molecule has 0 spiro atoms. The summed E-state index contributed by atoms with van der Waals surface area (Å²) in [7, 11) is 1.32. The van der Waals surface area contributed by atoms with Gasteiger partial charge in [-0.25, -0.2) is 9.18 Å². The lowest BCUT2D eigenvalue weighted by Crippen LogP contribution is -2.35. The summed E-state index contributed by atoms with van der Waals surface area (Å²) in [6.07, 6.45) is -0.844. The third kappa shape index (κ3) is 3.25. The van der Waals surface area contributed by atoms with Crippen LogP contribution in [-0.2, 0) is 9.53 Å². The lowest BCUT2D eigenvalue weighted by Gasteiger charge is -2.13. The lowest BCUT2D eigenvalue weighted by molar-refractivity contribution is -0.125. The van der Waals surface area contributed by atoms with Crippen molar-refractivity contribution in [1.29, 1.82) is 0 Å². The van der Waals surface area contributed by atoms with E-state index in [1.54, 1.807) is 0 Å². The minimum absolute atomic E-state index is 0.0185. The minimum atomic E-state index is -1.41. The number of hydrogen-bond acceptors (Lipinski definition) is 4. The van der Waals surface area contributed by atoms with Crippen molar-refractivity contribution >= 4 is 17.6 Å². The predicted octanol–water partition coefficient (Wildman–Crippen LogP) is 0.436. The number of anilines is 1. The summed E-state index contributed by atoms with van der Waals surface area (Å²) >= 11 is 0. The van der Waals surface area contributed by atoms with Crippen LogP contribution in [0.5, 0.6) is 0 Å². The van der Waals surface area contributed by atoms with Crippen LogP contribution in [0.2, 0.25) is 0 Å². The lowest BCUT2D eigenvalue weighted by atomic mass is 10.2. The van der Waals surface area contributed by atoms with Gasteiger partial charge in [-0.3, -0.25) is 4.79 Å². The van der Waals surface area contributed by atoms with Crippen molar-refractivity contribution in [2.24, 2.45) is 5.73 Å². The van der Waals surface area contributed by atoms with Gasteiger partial charge in [-0.2, -0.15) is 0 Å². The molecule has 1 rings (SSSR count). The van der Waals surface area contributed by atoms with E-state index in [0.717, 1.165) is 12.1 Å². The van der Waals surface area contributed by atoms with E-state index in [0.29, 0.717) is 0 Å². The Hall–Kier alpha value is -1.99. The molecule has 98 valence electrons. The first-order valence-corrected chi connectivity index (χ1v) is 5.06. The number of halogens is 1. The zero-order valence-electron chi connectivity index (χ0n) is 9.64. The van der Waals surface area contributed by atoms with Crippen LogP contribution in [0, 0.1) is 5.82 Å². The maximum Gasteiger partial charge on any atom is 0.338 e. The summed E-state index contributed by atoms with van der Waals surface area (Å²) in [5, 5.41) is 11.1. The van der Waals surface area contributed by atoms with Gasteiger partial charge >= 0.3 is 5.97 Å². The molecule has 1 unspecified atom stereocenters. The monoisotopic (exact) mass is 256 g/mol. The number of carbonyl (C=O) groups excluding carboxylic acids is 1. The highest BCUT2D eigenvalue weighted by Crippen LogP contribution is 2.15. The SMILES string of the molecule is COC(CN)C(=O)Nc1ccc(F)c(C(=O)O)c1. The first kappa shape index (κ1) is 14.1. The molecule has 0 aliphatic heterocycles. The summed E-state index contributed by atoms with van der Waals surface area (Å²) in [4.78, 5) is 22.3.